The van der Waals surface area contributed by atoms with Crippen LogP contribution in [-0.2, 0) is 33.3 Å². The lowest BCUT2D eigenvalue weighted by Crippen LogP contribution is -2.31. The van der Waals surface area contributed by atoms with Crippen LogP contribution in [0.3, 0.4) is 0 Å². The van der Waals surface area contributed by atoms with Crippen LogP contribution in [-0.4, -0.2) is 216 Å². The number of benzene rings is 9. The SMILES string of the molecule is C1CCOC1.C1CCOC1.C1CCOC1.CC(C)(C)OC(=O)CCCC(=O)c1cccc(O)c1.CC(C)(C)OC(=O)CCCC(O)c1cccc(O)c1.CCl.CS.ClCCl.N#CCC(O)c1cccc(O)c1.NCCC(O)c1cccc(O)c1.O=C(CCN1C(=O)c2ccccc2C1=O)c1cccc(O)c1.O=C1c2ccccc2C(=O)N1CC[C@@H](O)c1cccc(O)c1.O=Cc1cccc(O)c1.[B]C. The van der Waals surface area contributed by atoms with E-state index >= 15 is 0 Å². The summed E-state index contributed by atoms with van der Waals surface area (Å²) in [5, 5.41) is 112. The number of aliphatic hydroxyl groups excluding tert-OH is 4. The van der Waals surface area contributed by atoms with Crippen LogP contribution in [0.1, 0.15) is 263 Å². The Morgan fingerprint density at radius 3 is 1.00 bits per heavy atom. The maximum atomic E-state index is 12.2. The van der Waals surface area contributed by atoms with Crippen molar-refractivity contribution < 1.29 is 123 Å². The predicted octanol–water partition coefficient (Wildman–Crippen LogP) is 19.1. The molecular formula is C105H134BCl3N4O25S. The van der Waals surface area contributed by atoms with Gasteiger partial charge in [0.1, 0.15) is 57.7 Å². The average Bonchev–Trinajstić information content (AvgIpc) is 1.64. The lowest BCUT2D eigenvalue weighted by atomic mass is 10.0. The number of nitriles is 1. The summed E-state index contributed by atoms with van der Waals surface area (Å²) in [5.41, 5.74) is 9.67. The first-order valence-corrected chi connectivity index (χ1v) is 47.6. The number of halogens is 3. The number of imide groups is 2. The zero-order valence-electron chi connectivity index (χ0n) is 80.3. The normalized spacial score (nSPS) is 13.4. The second-order valence-electron chi connectivity index (χ2n) is 32.2. The molecule has 0 saturated carbocycles. The Balaban J connectivity index is 0.000000788. The number of fused-ring (bicyclic) bond motifs is 2. The summed E-state index contributed by atoms with van der Waals surface area (Å²) in [6.07, 6.45) is 11.7. The van der Waals surface area contributed by atoms with E-state index in [1.54, 1.807) is 158 Å². The first kappa shape index (κ1) is 125. The number of Topliss-reactive ketones (excluding diaryl/α,β-unsaturated/α-hetero) is 2. The molecule has 0 aliphatic carbocycles. The zero-order valence-corrected chi connectivity index (χ0v) is 83.4. The topological polar surface area (TPSA) is 479 Å². The number of carbonyl (C=O) groups excluding carboxylic acids is 9. The molecule has 13 N–H and O–H groups in total. The first-order chi connectivity index (χ1) is 66.4. The van der Waals surface area contributed by atoms with Gasteiger partial charge < -0.3 is 85.6 Å². The van der Waals surface area contributed by atoms with Gasteiger partial charge in [-0.1, -0.05) is 116 Å². The molecule has 3 unspecified atom stereocenters. The summed E-state index contributed by atoms with van der Waals surface area (Å²) in [4.78, 5) is 108. The maximum absolute atomic E-state index is 12.2. The fourth-order valence-electron chi connectivity index (χ4n) is 12.5. The minimum atomic E-state index is -0.851. The van der Waals surface area contributed by atoms with Gasteiger partial charge in [0.2, 0.25) is 0 Å². The summed E-state index contributed by atoms with van der Waals surface area (Å²) in [5.74, 6) is -1.60. The van der Waals surface area contributed by atoms with Crippen molar-refractivity contribution in [2.24, 2.45) is 5.73 Å². The number of aldehydes is 1. The number of alkyl halides is 3. The molecule has 9 aromatic carbocycles. The van der Waals surface area contributed by atoms with E-state index in [2.05, 4.69) is 32.1 Å². The fraction of sp³-hybridized carbons (Fsp3) is 0.390. The van der Waals surface area contributed by atoms with E-state index in [0.717, 1.165) is 49.4 Å². The van der Waals surface area contributed by atoms with Crippen molar-refractivity contribution in [3.63, 3.8) is 0 Å². The second-order valence-corrected chi connectivity index (χ2v) is 33.0. The van der Waals surface area contributed by atoms with Crippen LogP contribution in [0.2, 0.25) is 6.82 Å². The predicted molar refractivity (Wildman–Crippen MR) is 542 cm³/mol. The van der Waals surface area contributed by atoms with Crippen molar-refractivity contribution in [3.8, 4) is 46.3 Å². The van der Waals surface area contributed by atoms with E-state index < -0.39 is 35.6 Å². The highest BCUT2D eigenvalue weighted by molar-refractivity contribution is 7.79. The van der Waals surface area contributed by atoms with Crippen molar-refractivity contribution in [1.82, 2.24) is 9.80 Å². The smallest absolute Gasteiger partial charge is 0.306 e. The number of nitrogens with two attached hydrogens (primary N) is 1. The molecule has 754 valence electrons. The van der Waals surface area contributed by atoms with Gasteiger partial charge in [-0.25, -0.2) is 0 Å². The van der Waals surface area contributed by atoms with Gasteiger partial charge in [0, 0.05) is 101 Å². The number of nitrogens with zero attached hydrogens (tertiary/aromatic N) is 3. The molecule has 4 atom stereocenters. The summed E-state index contributed by atoms with van der Waals surface area (Å²) in [6.45, 7) is 19.0. The van der Waals surface area contributed by atoms with Gasteiger partial charge in [-0.05, 0) is 256 Å². The van der Waals surface area contributed by atoms with Gasteiger partial charge in [0.25, 0.3) is 23.6 Å². The van der Waals surface area contributed by atoms with Gasteiger partial charge >= 0.3 is 11.9 Å². The molecule has 0 aromatic heterocycles. The first-order valence-electron chi connectivity index (χ1n) is 44.9. The number of aliphatic hydroxyl groups is 4. The van der Waals surface area contributed by atoms with E-state index in [4.69, 9.17) is 73.2 Å². The molecule has 0 bridgehead atoms. The summed E-state index contributed by atoms with van der Waals surface area (Å²) >= 11 is 17.7. The molecule has 4 amide bonds. The number of hydrogen-bond acceptors (Lipinski definition) is 28. The Hall–Kier alpha value is -11.7. The van der Waals surface area contributed by atoms with Crippen molar-refractivity contribution >= 4 is 109 Å². The number of ketones is 2. The fourth-order valence-corrected chi connectivity index (χ4v) is 12.5. The quantitative estimate of drug-likeness (QED) is 0.00508. The Morgan fingerprint density at radius 2 is 0.712 bits per heavy atom. The monoisotopic (exact) mass is 2000 g/mol. The second kappa shape index (κ2) is 72.5. The number of aromatic hydroxyl groups is 7. The van der Waals surface area contributed by atoms with Crippen LogP contribution in [0.5, 0.6) is 40.2 Å². The molecule has 3 fully saturated rings. The maximum Gasteiger partial charge on any atom is 0.306 e. The van der Waals surface area contributed by atoms with E-state index in [1.807, 2.05) is 47.6 Å². The highest BCUT2D eigenvalue weighted by Crippen LogP contribution is 2.30. The molecule has 14 rings (SSSR count). The minimum Gasteiger partial charge on any atom is -0.508 e. The molecule has 29 nitrogen and oxygen atoms in total. The molecule has 9 aromatic rings. The van der Waals surface area contributed by atoms with Gasteiger partial charge in [-0.3, -0.25) is 53.0 Å². The number of hydrogen-bond donors (Lipinski definition) is 13. The van der Waals surface area contributed by atoms with Crippen LogP contribution in [0, 0.1) is 11.3 Å². The van der Waals surface area contributed by atoms with Gasteiger partial charge in [0.05, 0.1) is 72.3 Å². The number of phenolic OH excluding ortho intramolecular Hbond substituents is 7. The Morgan fingerprint density at radius 1 is 0.424 bits per heavy atom. The van der Waals surface area contributed by atoms with Crippen molar-refractivity contribution in [2.45, 2.75) is 187 Å². The third kappa shape index (κ3) is 53.3. The molecule has 5 aliphatic rings. The number of amides is 4. The largest absolute Gasteiger partial charge is 0.508 e. The van der Waals surface area contributed by atoms with Crippen LogP contribution in [0.15, 0.2) is 218 Å². The van der Waals surface area contributed by atoms with Crippen LogP contribution < -0.4 is 5.73 Å². The molecule has 34 heteroatoms. The van der Waals surface area contributed by atoms with Crippen molar-refractivity contribution in [2.75, 3.05) is 77.3 Å². The number of carbonyl (C=O) groups is 9. The van der Waals surface area contributed by atoms with Gasteiger partial charge in [-0.2, -0.15) is 17.9 Å². The number of esters is 2. The zero-order chi connectivity index (χ0) is 104. The van der Waals surface area contributed by atoms with Crippen LogP contribution >= 0.6 is 47.4 Å². The Kier molecular flexibility index (Phi) is 65.4. The Labute approximate surface area is 837 Å². The number of phenols is 7. The Bertz CT molecular complexity index is 5020. The highest BCUT2D eigenvalue weighted by Gasteiger charge is 2.37. The molecule has 0 spiro atoms. The standard InChI is InChI=1S/C17H15NO4.C17H13NO4.C15H22O4.C15H20O4.C9H13NO2.C9H9NO2.C7H6O2.3C4H8O.CH3B.CH2Cl2.CH3Cl.CH4S/c2*19-12-5-3-4-11(10-12)15(20)8-9-18-16(21)13-6-1-2-7-14(13)17(18)22;2*1-15(2,3)19-14(18)9-5-8-13(17)11-6-4-7-12(16)10-11;2*10-5-4-9(12)7-2-1-3-8(11)6-7;8-5-6-2-1-3-7(9)4-6;3*1-2-4-5-3-1;1-2;2-1-3;2*1-2/h1-7,10,15,19-20H,8-9H2;1-7,10,19H,8-9H2;4,6-7,10,13,16-17H,5,8-9H2,1-3H3;4,6-7,10,16H,5,8-9H2,1-3H3;1-3,6,9,11-12H,4-5,10H2;1-3,6,9,11-12H,4H2;1-5,9H;3*1-4H2;1H3;1H2;1H3;2H,1H3/t15-;;;;;;;;;;;;;/m1............./s1. The number of rotatable bonds is 24. The minimum absolute atomic E-state index is 0.00609. The molecule has 3 saturated heterocycles. The van der Waals surface area contributed by atoms with E-state index in [1.165, 1.54) is 118 Å². The van der Waals surface area contributed by atoms with Crippen molar-refractivity contribution in [1.29, 1.82) is 5.26 Å². The summed E-state index contributed by atoms with van der Waals surface area (Å²) in [6, 6.07) is 59.2. The lowest BCUT2D eigenvalue weighted by molar-refractivity contribution is -0.156. The third-order valence-electron chi connectivity index (χ3n) is 19.0. The molecule has 5 aliphatic heterocycles. The van der Waals surface area contributed by atoms with Crippen LogP contribution in [0.25, 0.3) is 0 Å². The lowest BCUT2D eigenvalue weighted by Gasteiger charge is -2.19. The summed E-state index contributed by atoms with van der Waals surface area (Å²) in [7, 11) is 4.50. The highest BCUT2D eigenvalue weighted by atomic mass is 35.5. The van der Waals surface area contributed by atoms with E-state index in [9.17, 15) is 84.0 Å². The summed E-state index contributed by atoms with van der Waals surface area (Å²) < 4.78 is 25.2. The molecule has 139 heavy (non-hydrogen) atoms. The third-order valence-corrected chi connectivity index (χ3v) is 19.0. The number of thiol groups is 1. The average molecular weight is 2000 g/mol. The van der Waals surface area contributed by atoms with Gasteiger partial charge in [-0.15, -0.1) is 34.8 Å². The molecule has 5 heterocycles. The van der Waals surface area contributed by atoms with E-state index in [0.29, 0.717) is 99.7 Å². The molecule has 2 radical (unpaired) electrons. The van der Waals surface area contributed by atoms with Crippen molar-refractivity contribution in [3.05, 3.63) is 280 Å². The molecular weight excluding hydrogens is 1870 g/mol. The van der Waals surface area contributed by atoms with Crippen LogP contribution in [0.4, 0.5) is 0 Å². The number of ether oxygens (including phenoxy) is 5. The van der Waals surface area contributed by atoms with Gasteiger partial charge in [0.15, 0.2) is 11.6 Å². The van der Waals surface area contributed by atoms with E-state index in [-0.39, 0.29) is 144 Å².